The minimum absolute atomic E-state index is 0.0636. The molecule has 5 heterocycles. The van der Waals surface area contributed by atoms with Crippen molar-refractivity contribution in [3.8, 4) is 0 Å². The number of carbonyl (C=O) groups excluding carboxylic acids is 2. The van der Waals surface area contributed by atoms with E-state index in [1.807, 2.05) is 50.1 Å². The van der Waals surface area contributed by atoms with E-state index >= 15 is 0 Å². The Morgan fingerprint density at radius 1 is 1.02 bits per heavy atom. The van der Waals surface area contributed by atoms with Crippen LogP contribution in [0.3, 0.4) is 0 Å². The largest absolute Gasteiger partial charge is 0.444 e. The highest BCUT2D eigenvalue weighted by Crippen LogP contribution is 2.38. The number of amides is 2. The number of methoxy groups -OCH3 is 1. The van der Waals surface area contributed by atoms with Crippen LogP contribution in [-0.4, -0.2) is 98.2 Å². The highest BCUT2D eigenvalue weighted by Gasteiger charge is 2.46. The fourth-order valence-corrected chi connectivity index (χ4v) is 6.66. The maximum absolute atomic E-state index is 13.3. The van der Waals surface area contributed by atoms with E-state index < -0.39 is 5.60 Å². The molecule has 3 aromatic rings. The van der Waals surface area contributed by atoms with Crippen molar-refractivity contribution < 1.29 is 23.8 Å². The molecule has 0 saturated carbocycles. The van der Waals surface area contributed by atoms with E-state index in [0.717, 1.165) is 42.5 Å². The Hall–Kier alpha value is -4.13. The summed E-state index contributed by atoms with van der Waals surface area (Å²) < 4.78 is 18.6. The molecule has 3 fully saturated rings. The first-order chi connectivity index (χ1) is 22.0. The Morgan fingerprint density at radius 3 is 2.35 bits per heavy atom. The summed E-state index contributed by atoms with van der Waals surface area (Å²) in [5, 5.41) is 11.8. The highest BCUT2D eigenvalue weighted by molar-refractivity contribution is 5.71. The van der Waals surface area contributed by atoms with Crippen molar-refractivity contribution in [2.75, 3.05) is 37.4 Å². The lowest BCUT2D eigenvalue weighted by atomic mass is 9.98. The number of hydrogen-bond donors (Lipinski definition) is 2. The predicted molar refractivity (Wildman–Crippen MR) is 173 cm³/mol. The van der Waals surface area contributed by atoms with Gasteiger partial charge in [0.1, 0.15) is 11.7 Å². The SMILES string of the molecule is COC[C@H](Nc1nc(NC2CC3CCC(C2)N3C(=O)OC2CN(C(=O)OC(C)(C)C)C2)n2ncc(C(C)C)c2n1)c1ccccc1. The summed E-state index contributed by atoms with van der Waals surface area (Å²) in [6.45, 7) is 10.9. The molecule has 13 nitrogen and oxygen atoms in total. The molecule has 1 aromatic carbocycles. The van der Waals surface area contributed by atoms with E-state index in [1.165, 1.54) is 0 Å². The molecule has 2 N–H and O–H groups in total. The summed E-state index contributed by atoms with van der Waals surface area (Å²) >= 11 is 0. The van der Waals surface area contributed by atoms with E-state index in [1.54, 1.807) is 16.5 Å². The first-order valence-corrected chi connectivity index (χ1v) is 16.3. The average molecular weight is 635 g/mol. The van der Waals surface area contributed by atoms with Crippen molar-refractivity contribution >= 4 is 29.7 Å². The average Bonchev–Trinajstić information content (AvgIpc) is 3.52. The maximum Gasteiger partial charge on any atom is 0.410 e. The van der Waals surface area contributed by atoms with Crippen LogP contribution in [0.2, 0.25) is 0 Å². The molecule has 0 spiro atoms. The quantitative estimate of drug-likeness (QED) is 0.323. The molecular weight excluding hydrogens is 588 g/mol. The number of likely N-dealkylation sites (tertiary alicyclic amines) is 1. The van der Waals surface area contributed by atoms with Crippen LogP contribution in [0.15, 0.2) is 36.5 Å². The molecule has 0 radical (unpaired) electrons. The van der Waals surface area contributed by atoms with Gasteiger partial charge in [0.05, 0.1) is 31.9 Å². The Labute approximate surface area is 270 Å². The van der Waals surface area contributed by atoms with Gasteiger partial charge >= 0.3 is 12.2 Å². The molecule has 3 aliphatic heterocycles. The number of benzene rings is 1. The van der Waals surface area contributed by atoms with Crippen molar-refractivity contribution in [3.63, 3.8) is 0 Å². The number of ether oxygens (including phenoxy) is 3. The summed E-state index contributed by atoms with van der Waals surface area (Å²) in [6.07, 6.45) is 4.25. The van der Waals surface area contributed by atoms with Crippen LogP contribution in [0.25, 0.3) is 5.65 Å². The van der Waals surface area contributed by atoms with Crippen LogP contribution in [0.4, 0.5) is 21.5 Å². The van der Waals surface area contributed by atoms with Crippen LogP contribution < -0.4 is 10.6 Å². The monoisotopic (exact) mass is 634 g/mol. The molecule has 2 aromatic heterocycles. The van der Waals surface area contributed by atoms with Gasteiger partial charge in [-0.05, 0) is 57.9 Å². The summed E-state index contributed by atoms with van der Waals surface area (Å²) in [4.78, 5) is 38.8. The number of fused-ring (bicyclic) bond motifs is 3. The van der Waals surface area contributed by atoms with Crippen LogP contribution in [0.1, 0.15) is 83.4 Å². The molecule has 2 unspecified atom stereocenters. The zero-order valence-electron chi connectivity index (χ0n) is 27.6. The third kappa shape index (κ3) is 6.84. The van der Waals surface area contributed by atoms with Crippen LogP contribution in [0.5, 0.6) is 0 Å². The van der Waals surface area contributed by atoms with Gasteiger partial charge in [0.25, 0.3) is 0 Å². The number of piperidine rings is 1. The van der Waals surface area contributed by atoms with Gasteiger partial charge in [-0.25, -0.2) is 9.59 Å². The minimum atomic E-state index is -0.561. The molecule has 13 heteroatoms. The van der Waals surface area contributed by atoms with Gasteiger partial charge < -0.3 is 34.6 Å². The number of nitrogens with zero attached hydrogens (tertiary/aromatic N) is 6. The highest BCUT2D eigenvalue weighted by atomic mass is 16.6. The van der Waals surface area contributed by atoms with E-state index in [4.69, 9.17) is 24.2 Å². The van der Waals surface area contributed by atoms with E-state index in [2.05, 4.69) is 41.7 Å². The lowest BCUT2D eigenvalue weighted by molar-refractivity contribution is -0.0485. The van der Waals surface area contributed by atoms with Gasteiger partial charge in [-0.1, -0.05) is 44.2 Å². The Kier molecular flexibility index (Phi) is 8.95. The van der Waals surface area contributed by atoms with Gasteiger partial charge in [-0.2, -0.15) is 19.6 Å². The molecule has 2 amide bonds. The summed E-state index contributed by atoms with van der Waals surface area (Å²) in [5.74, 6) is 1.34. The molecule has 3 atom stereocenters. The molecule has 3 saturated heterocycles. The fraction of sp³-hybridized carbons (Fsp3) is 0.606. The third-order valence-electron chi connectivity index (χ3n) is 8.90. The molecule has 248 valence electrons. The molecule has 3 aliphatic rings. The zero-order valence-corrected chi connectivity index (χ0v) is 27.6. The minimum Gasteiger partial charge on any atom is -0.444 e. The lowest BCUT2D eigenvalue weighted by Crippen LogP contribution is -2.58. The number of hydrogen-bond acceptors (Lipinski definition) is 10. The molecule has 46 heavy (non-hydrogen) atoms. The topological polar surface area (TPSA) is 135 Å². The lowest BCUT2D eigenvalue weighted by Gasteiger charge is -2.42. The van der Waals surface area contributed by atoms with Gasteiger partial charge in [-0.3, -0.25) is 0 Å². The second kappa shape index (κ2) is 12.9. The number of rotatable bonds is 9. The number of anilines is 2. The molecule has 6 rings (SSSR count). The smallest absolute Gasteiger partial charge is 0.410 e. The Bertz CT molecular complexity index is 1520. The van der Waals surface area contributed by atoms with Gasteiger partial charge in [-0.15, -0.1) is 0 Å². The summed E-state index contributed by atoms with van der Waals surface area (Å²) in [5.41, 5.74) is 2.31. The first-order valence-electron chi connectivity index (χ1n) is 16.3. The normalized spacial score (nSPS) is 22.1. The summed E-state index contributed by atoms with van der Waals surface area (Å²) in [7, 11) is 1.68. The second-order valence-electron chi connectivity index (χ2n) is 13.9. The molecule has 2 bridgehead atoms. The van der Waals surface area contributed by atoms with Crippen LogP contribution in [-0.2, 0) is 14.2 Å². The van der Waals surface area contributed by atoms with Crippen LogP contribution in [0, 0.1) is 0 Å². The van der Waals surface area contributed by atoms with Crippen molar-refractivity contribution in [1.29, 1.82) is 0 Å². The summed E-state index contributed by atoms with van der Waals surface area (Å²) in [6, 6.07) is 10.2. The number of aromatic nitrogens is 4. The number of nitrogens with one attached hydrogen (secondary N) is 2. The van der Waals surface area contributed by atoms with Crippen molar-refractivity contribution in [3.05, 3.63) is 47.7 Å². The maximum atomic E-state index is 13.3. The molecule has 0 aliphatic carbocycles. The Morgan fingerprint density at radius 2 is 1.72 bits per heavy atom. The van der Waals surface area contributed by atoms with Crippen molar-refractivity contribution in [2.24, 2.45) is 0 Å². The molecular formula is C33H46N8O5. The fourth-order valence-electron chi connectivity index (χ4n) is 6.66. The first kappa shape index (κ1) is 31.8. The van der Waals surface area contributed by atoms with Crippen LogP contribution >= 0.6 is 0 Å². The van der Waals surface area contributed by atoms with Gasteiger partial charge in [0, 0.05) is 30.8 Å². The van der Waals surface area contributed by atoms with E-state index in [0.29, 0.717) is 31.6 Å². The standard InChI is InChI=1S/C33H46N8O5/c1-20(2)26-16-34-41-28(26)37-29(36-27(19-44-6)21-10-8-7-9-11-21)38-30(41)35-22-14-23-12-13-24(15-22)40(23)32(43)45-25-17-39(18-25)31(42)46-33(3,4)5/h7-11,16,20,22-25,27H,12-15,17-19H2,1-6H3,(H2,35,36,37,38)/t22?,23?,24?,27-/m0/s1. The zero-order chi connectivity index (χ0) is 32.6. The second-order valence-corrected chi connectivity index (χ2v) is 13.9. The van der Waals surface area contributed by atoms with E-state index in [9.17, 15) is 9.59 Å². The van der Waals surface area contributed by atoms with Gasteiger partial charge in [0.2, 0.25) is 11.9 Å². The van der Waals surface area contributed by atoms with E-state index in [-0.39, 0.29) is 48.4 Å². The predicted octanol–water partition coefficient (Wildman–Crippen LogP) is 5.21. The van der Waals surface area contributed by atoms with Gasteiger partial charge in [0.15, 0.2) is 5.65 Å². The number of carbonyl (C=O) groups is 2. The van der Waals surface area contributed by atoms with Crippen molar-refractivity contribution in [2.45, 2.75) is 102 Å². The Balaban J connectivity index is 1.13. The third-order valence-corrected chi connectivity index (χ3v) is 8.90. The van der Waals surface area contributed by atoms with Crippen molar-refractivity contribution in [1.82, 2.24) is 29.4 Å².